The molecular weight excluding hydrogens is 252 g/mol. The van der Waals surface area contributed by atoms with E-state index in [4.69, 9.17) is 4.63 Å². The zero-order valence-corrected chi connectivity index (χ0v) is 12.2. The molecule has 0 spiro atoms. The van der Waals surface area contributed by atoms with Gasteiger partial charge in [-0.25, -0.2) is 4.63 Å². The van der Waals surface area contributed by atoms with E-state index in [9.17, 15) is 0 Å². The van der Waals surface area contributed by atoms with Crippen LogP contribution in [0.2, 0.25) is 0 Å². The van der Waals surface area contributed by atoms with Gasteiger partial charge in [0.2, 0.25) is 0 Å². The molecule has 3 rings (SSSR count). The number of nitrogens with zero attached hydrogens (tertiary/aromatic N) is 4. The molecule has 5 nitrogen and oxygen atoms in total. The predicted octanol–water partition coefficient (Wildman–Crippen LogP) is 2.14. The minimum absolute atomic E-state index is 0.713. The van der Waals surface area contributed by atoms with Crippen LogP contribution < -0.4 is 0 Å². The van der Waals surface area contributed by atoms with Gasteiger partial charge in [0.25, 0.3) is 0 Å². The number of hydrogen-bond donors (Lipinski definition) is 0. The van der Waals surface area contributed by atoms with E-state index in [1.807, 2.05) is 12.1 Å². The van der Waals surface area contributed by atoms with Crippen molar-refractivity contribution in [3.05, 3.63) is 23.8 Å². The summed E-state index contributed by atoms with van der Waals surface area (Å²) >= 11 is 0. The maximum absolute atomic E-state index is 4.84. The fourth-order valence-corrected chi connectivity index (χ4v) is 3.04. The molecule has 1 saturated heterocycles. The highest BCUT2D eigenvalue weighted by molar-refractivity contribution is 5.76. The Morgan fingerprint density at radius 1 is 1.25 bits per heavy atom. The molecule has 0 N–H and O–H groups in total. The third kappa shape index (κ3) is 2.83. The highest BCUT2D eigenvalue weighted by Gasteiger charge is 2.19. The van der Waals surface area contributed by atoms with Crippen molar-refractivity contribution in [3.63, 3.8) is 0 Å². The van der Waals surface area contributed by atoms with Crippen LogP contribution >= 0.6 is 0 Å². The minimum atomic E-state index is 0.713. The van der Waals surface area contributed by atoms with Crippen molar-refractivity contribution >= 4 is 11.0 Å². The second kappa shape index (κ2) is 5.89. The smallest absolute Gasteiger partial charge is 0.139 e. The number of hydrogen-bond acceptors (Lipinski definition) is 5. The number of rotatable bonds is 3. The van der Waals surface area contributed by atoms with Gasteiger partial charge < -0.3 is 4.90 Å². The molecule has 1 aromatic heterocycles. The second-order valence-electron chi connectivity index (χ2n) is 5.87. The van der Waals surface area contributed by atoms with Crippen molar-refractivity contribution < 1.29 is 4.63 Å². The molecule has 0 radical (unpaired) electrons. The molecule has 1 fully saturated rings. The van der Waals surface area contributed by atoms with Crippen LogP contribution in [-0.4, -0.2) is 53.3 Å². The SMILES string of the molecule is CN(C)[C@@H]1CCCN(Cc2cccc3nonc23)CC1. The predicted molar refractivity (Wildman–Crippen MR) is 78.4 cm³/mol. The van der Waals surface area contributed by atoms with Crippen LogP contribution in [0.25, 0.3) is 11.0 Å². The molecule has 2 aromatic rings. The van der Waals surface area contributed by atoms with Gasteiger partial charge in [0.1, 0.15) is 11.0 Å². The van der Waals surface area contributed by atoms with E-state index in [0.717, 1.165) is 30.7 Å². The molecular formula is C15H22N4O. The topological polar surface area (TPSA) is 45.4 Å². The Hall–Kier alpha value is -1.46. The minimum Gasteiger partial charge on any atom is -0.306 e. The molecule has 20 heavy (non-hydrogen) atoms. The summed E-state index contributed by atoms with van der Waals surface area (Å²) in [5, 5.41) is 7.94. The van der Waals surface area contributed by atoms with E-state index >= 15 is 0 Å². The molecule has 5 heteroatoms. The van der Waals surface area contributed by atoms with Crippen LogP contribution in [0, 0.1) is 0 Å². The van der Waals surface area contributed by atoms with Crippen molar-refractivity contribution in [1.29, 1.82) is 0 Å². The molecule has 0 unspecified atom stereocenters. The first-order valence-corrected chi connectivity index (χ1v) is 7.33. The lowest BCUT2D eigenvalue weighted by Crippen LogP contribution is -2.30. The molecule has 1 aliphatic rings. The van der Waals surface area contributed by atoms with Gasteiger partial charge in [-0.1, -0.05) is 12.1 Å². The second-order valence-corrected chi connectivity index (χ2v) is 5.87. The average Bonchev–Trinajstić information content (AvgIpc) is 2.79. The summed E-state index contributed by atoms with van der Waals surface area (Å²) in [6, 6.07) is 6.81. The summed E-state index contributed by atoms with van der Waals surface area (Å²) in [6.07, 6.45) is 3.79. The van der Waals surface area contributed by atoms with Crippen LogP contribution in [0.5, 0.6) is 0 Å². The fourth-order valence-electron chi connectivity index (χ4n) is 3.04. The Kier molecular flexibility index (Phi) is 3.98. The van der Waals surface area contributed by atoms with Crippen molar-refractivity contribution in [2.45, 2.75) is 31.8 Å². The maximum atomic E-state index is 4.84. The molecule has 0 bridgehead atoms. The Balaban J connectivity index is 1.70. The first kappa shape index (κ1) is 13.5. The monoisotopic (exact) mass is 274 g/mol. The normalized spacial score (nSPS) is 21.4. The summed E-state index contributed by atoms with van der Waals surface area (Å²) in [7, 11) is 4.37. The van der Waals surface area contributed by atoms with Crippen LogP contribution in [-0.2, 0) is 6.54 Å². The van der Waals surface area contributed by atoms with Crippen LogP contribution in [0.1, 0.15) is 24.8 Å². The van der Waals surface area contributed by atoms with Crippen molar-refractivity contribution in [2.75, 3.05) is 27.2 Å². The summed E-state index contributed by atoms with van der Waals surface area (Å²) in [6.45, 7) is 3.24. The lowest BCUT2D eigenvalue weighted by Gasteiger charge is -2.23. The highest BCUT2D eigenvalue weighted by atomic mass is 16.6. The molecule has 108 valence electrons. The van der Waals surface area contributed by atoms with Gasteiger partial charge in [0.15, 0.2) is 0 Å². The van der Waals surface area contributed by atoms with Gasteiger partial charge in [0, 0.05) is 12.6 Å². The van der Waals surface area contributed by atoms with Crippen LogP contribution in [0.3, 0.4) is 0 Å². The maximum Gasteiger partial charge on any atom is 0.139 e. The number of benzene rings is 1. The van der Waals surface area contributed by atoms with Crippen LogP contribution in [0.4, 0.5) is 0 Å². The van der Waals surface area contributed by atoms with E-state index in [2.05, 4.69) is 40.3 Å². The van der Waals surface area contributed by atoms with E-state index in [1.165, 1.54) is 24.8 Å². The van der Waals surface area contributed by atoms with Gasteiger partial charge in [-0.05, 0) is 68.4 Å². The number of aromatic nitrogens is 2. The molecule has 1 aromatic carbocycles. The zero-order valence-electron chi connectivity index (χ0n) is 12.2. The first-order valence-electron chi connectivity index (χ1n) is 7.33. The lowest BCUT2D eigenvalue weighted by atomic mass is 10.1. The Labute approximate surface area is 119 Å². The number of likely N-dealkylation sites (tertiary alicyclic amines) is 1. The standard InChI is InChI=1S/C15H22N4O/c1-18(2)13-6-4-9-19(10-8-13)11-12-5-3-7-14-15(12)17-20-16-14/h3,5,7,13H,4,6,8-11H2,1-2H3/t13-/m1/s1. The molecule has 0 amide bonds. The molecule has 1 aliphatic heterocycles. The quantitative estimate of drug-likeness (QED) is 0.858. The lowest BCUT2D eigenvalue weighted by molar-refractivity contribution is 0.245. The Bertz CT molecular complexity index is 566. The van der Waals surface area contributed by atoms with Crippen molar-refractivity contribution in [1.82, 2.24) is 20.1 Å². The van der Waals surface area contributed by atoms with Gasteiger partial charge in [-0.3, -0.25) is 4.90 Å². The zero-order chi connectivity index (χ0) is 13.9. The summed E-state index contributed by atoms with van der Waals surface area (Å²) in [5.41, 5.74) is 2.97. The van der Waals surface area contributed by atoms with Crippen molar-refractivity contribution in [3.8, 4) is 0 Å². The van der Waals surface area contributed by atoms with Crippen LogP contribution in [0.15, 0.2) is 22.8 Å². The van der Waals surface area contributed by atoms with Gasteiger partial charge in [-0.15, -0.1) is 0 Å². The largest absolute Gasteiger partial charge is 0.306 e. The summed E-state index contributed by atoms with van der Waals surface area (Å²) < 4.78 is 4.84. The average molecular weight is 274 g/mol. The summed E-state index contributed by atoms with van der Waals surface area (Å²) in [4.78, 5) is 4.87. The molecule has 0 aliphatic carbocycles. The Morgan fingerprint density at radius 2 is 2.15 bits per heavy atom. The first-order chi connectivity index (χ1) is 9.74. The van der Waals surface area contributed by atoms with E-state index in [0.29, 0.717) is 6.04 Å². The van der Waals surface area contributed by atoms with E-state index in [1.54, 1.807) is 0 Å². The fraction of sp³-hybridized carbons (Fsp3) is 0.600. The van der Waals surface area contributed by atoms with Gasteiger partial charge in [0.05, 0.1) is 0 Å². The van der Waals surface area contributed by atoms with Gasteiger partial charge >= 0.3 is 0 Å². The number of fused-ring (bicyclic) bond motifs is 1. The molecule has 1 atom stereocenters. The summed E-state index contributed by atoms with van der Waals surface area (Å²) in [5.74, 6) is 0. The third-order valence-corrected chi connectivity index (χ3v) is 4.28. The highest BCUT2D eigenvalue weighted by Crippen LogP contribution is 2.20. The van der Waals surface area contributed by atoms with E-state index < -0.39 is 0 Å². The van der Waals surface area contributed by atoms with E-state index in [-0.39, 0.29) is 0 Å². The third-order valence-electron chi connectivity index (χ3n) is 4.28. The van der Waals surface area contributed by atoms with Gasteiger partial charge in [-0.2, -0.15) is 0 Å². The Morgan fingerprint density at radius 3 is 3.00 bits per heavy atom. The molecule has 0 saturated carbocycles. The van der Waals surface area contributed by atoms with Crippen molar-refractivity contribution in [2.24, 2.45) is 0 Å². The molecule has 2 heterocycles.